The summed E-state index contributed by atoms with van der Waals surface area (Å²) < 4.78 is 35.0. The summed E-state index contributed by atoms with van der Waals surface area (Å²) in [6.45, 7) is 3.40. The van der Waals surface area contributed by atoms with Gasteiger partial charge in [-0.2, -0.15) is 5.10 Å². The molecule has 0 saturated carbocycles. The fourth-order valence-corrected chi connectivity index (χ4v) is 5.79. The van der Waals surface area contributed by atoms with Crippen LogP contribution in [0, 0.1) is 13.8 Å². The maximum Gasteiger partial charge on any atom is 0.276 e. The van der Waals surface area contributed by atoms with Gasteiger partial charge in [0.2, 0.25) is 5.88 Å². The van der Waals surface area contributed by atoms with Crippen LogP contribution in [0.4, 0.5) is 11.6 Å². The molecule has 0 saturated heterocycles. The minimum absolute atomic E-state index is 0.0312. The third-order valence-electron chi connectivity index (χ3n) is 7.22. The highest BCUT2D eigenvalue weighted by Gasteiger charge is 2.30. The standard InChI is InChI=1S/C34H27N5O5S/c1-22-23(2)37-44-34(22)38-45(42,43)28-20-18-26(19-21-28)35-33(41)30-29(32(40)25-14-8-4-9-15-25)31(24-12-6-3-7-13-24)39(36-30)27-16-10-5-11-17-27/h3-21,38H,1-2H3,(H,35,41). The van der Waals surface area contributed by atoms with Crippen molar-refractivity contribution >= 4 is 33.3 Å². The average Bonchev–Trinajstić information content (AvgIpc) is 3.62. The van der Waals surface area contributed by atoms with Gasteiger partial charge in [-0.3, -0.25) is 9.59 Å². The van der Waals surface area contributed by atoms with Gasteiger partial charge in [0.25, 0.3) is 15.9 Å². The summed E-state index contributed by atoms with van der Waals surface area (Å²) >= 11 is 0. The number of nitrogens with one attached hydrogen (secondary N) is 2. The molecule has 0 fully saturated rings. The van der Waals surface area contributed by atoms with Gasteiger partial charge < -0.3 is 9.84 Å². The minimum atomic E-state index is -3.99. The molecule has 6 aromatic rings. The zero-order chi connectivity index (χ0) is 31.6. The molecule has 2 heterocycles. The zero-order valence-electron chi connectivity index (χ0n) is 24.3. The number of para-hydroxylation sites is 1. The highest BCUT2D eigenvalue weighted by molar-refractivity contribution is 7.92. The molecule has 0 aliphatic carbocycles. The molecule has 11 heteroatoms. The lowest BCUT2D eigenvalue weighted by Crippen LogP contribution is -2.17. The van der Waals surface area contributed by atoms with Crippen molar-refractivity contribution in [1.82, 2.24) is 14.9 Å². The van der Waals surface area contributed by atoms with Gasteiger partial charge in [-0.25, -0.2) is 17.8 Å². The molecular formula is C34H27N5O5S. The molecule has 6 rings (SSSR count). The van der Waals surface area contributed by atoms with E-state index in [2.05, 4.69) is 20.3 Å². The van der Waals surface area contributed by atoms with Crippen LogP contribution in [0.25, 0.3) is 16.9 Å². The molecule has 2 aromatic heterocycles. The summed E-state index contributed by atoms with van der Waals surface area (Å²) in [5.74, 6) is -0.974. The van der Waals surface area contributed by atoms with Crippen LogP contribution in [-0.4, -0.2) is 35.0 Å². The van der Waals surface area contributed by atoms with Crippen molar-refractivity contribution in [3.8, 4) is 16.9 Å². The molecule has 0 bridgehead atoms. The first-order chi connectivity index (χ1) is 21.7. The summed E-state index contributed by atoms with van der Waals surface area (Å²) in [6.07, 6.45) is 0. The zero-order valence-corrected chi connectivity index (χ0v) is 25.1. The number of ketones is 1. The molecule has 10 nitrogen and oxygen atoms in total. The van der Waals surface area contributed by atoms with E-state index in [0.29, 0.717) is 39.5 Å². The average molecular weight is 618 g/mol. The van der Waals surface area contributed by atoms with Gasteiger partial charge in [-0.05, 0) is 50.2 Å². The Balaban J connectivity index is 1.39. The normalized spacial score (nSPS) is 11.2. The number of carbonyl (C=O) groups excluding carboxylic acids is 2. The van der Waals surface area contributed by atoms with Crippen LogP contribution in [0.15, 0.2) is 125 Å². The second kappa shape index (κ2) is 12.1. The topological polar surface area (TPSA) is 136 Å². The number of amides is 1. The Morgan fingerprint density at radius 1 is 0.778 bits per heavy atom. The maximum absolute atomic E-state index is 14.1. The number of benzene rings is 4. The van der Waals surface area contributed by atoms with Crippen molar-refractivity contribution < 1.29 is 22.5 Å². The van der Waals surface area contributed by atoms with Crippen LogP contribution in [0.3, 0.4) is 0 Å². The van der Waals surface area contributed by atoms with Crippen LogP contribution in [0.2, 0.25) is 0 Å². The van der Waals surface area contributed by atoms with E-state index in [1.165, 1.54) is 24.3 Å². The molecule has 0 radical (unpaired) electrons. The number of hydrogen-bond donors (Lipinski definition) is 2. The Labute approximate surface area is 259 Å². The van der Waals surface area contributed by atoms with Gasteiger partial charge >= 0.3 is 0 Å². The first-order valence-electron chi connectivity index (χ1n) is 13.9. The van der Waals surface area contributed by atoms with Crippen molar-refractivity contribution in [3.05, 3.63) is 143 Å². The number of sulfonamides is 1. The summed E-state index contributed by atoms with van der Waals surface area (Å²) in [5.41, 5.74) is 3.73. The van der Waals surface area contributed by atoms with E-state index in [1.54, 1.807) is 42.8 Å². The lowest BCUT2D eigenvalue weighted by molar-refractivity contribution is 0.0993. The smallest absolute Gasteiger partial charge is 0.276 e. The fourth-order valence-electron chi connectivity index (χ4n) is 4.74. The number of carbonyl (C=O) groups is 2. The largest absolute Gasteiger partial charge is 0.337 e. The number of nitrogens with zero attached hydrogens (tertiary/aromatic N) is 3. The van der Waals surface area contributed by atoms with Gasteiger partial charge in [-0.1, -0.05) is 84.0 Å². The van der Waals surface area contributed by atoms with Gasteiger partial charge in [0, 0.05) is 22.4 Å². The monoisotopic (exact) mass is 617 g/mol. The van der Waals surface area contributed by atoms with Gasteiger partial charge in [0.1, 0.15) is 0 Å². The van der Waals surface area contributed by atoms with Gasteiger partial charge in [0.05, 0.1) is 27.5 Å². The van der Waals surface area contributed by atoms with Crippen LogP contribution in [0.1, 0.15) is 37.7 Å². The van der Waals surface area contributed by atoms with E-state index in [1.807, 2.05) is 66.7 Å². The molecule has 224 valence electrons. The van der Waals surface area contributed by atoms with Crippen LogP contribution >= 0.6 is 0 Å². The van der Waals surface area contributed by atoms with Gasteiger partial charge in [-0.15, -0.1) is 0 Å². The summed E-state index contributed by atoms with van der Waals surface area (Å²) in [4.78, 5) is 27.9. The third-order valence-corrected chi connectivity index (χ3v) is 8.57. The SMILES string of the molecule is Cc1noc(NS(=O)(=O)c2ccc(NC(=O)c3nn(-c4ccccc4)c(-c4ccccc4)c3C(=O)c3ccccc3)cc2)c1C. The Bertz CT molecular complexity index is 2110. The first kappa shape index (κ1) is 29.3. The summed E-state index contributed by atoms with van der Waals surface area (Å²) in [5, 5.41) is 11.2. The molecule has 0 unspecified atom stereocenters. The summed E-state index contributed by atoms with van der Waals surface area (Å²) in [7, 11) is -3.99. The lowest BCUT2D eigenvalue weighted by atomic mass is 9.97. The van der Waals surface area contributed by atoms with Crippen LogP contribution in [-0.2, 0) is 10.0 Å². The Morgan fingerprint density at radius 3 is 1.98 bits per heavy atom. The molecule has 0 spiro atoms. The molecule has 0 aliphatic heterocycles. The van der Waals surface area contributed by atoms with E-state index in [-0.39, 0.29) is 27.8 Å². The molecule has 4 aromatic carbocycles. The highest BCUT2D eigenvalue weighted by Crippen LogP contribution is 2.32. The molecule has 45 heavy (non-hydrogen) atoms. The van der Waals surface area contributed by atoms with Gasteiger partial charge in [0.15, 0.2) is 11.5 Å². The van der Waals surface area contributed by atoms with E-state index in [0.717, 1.165) is 0 Å². The molecule has 0 aliphatic rings. The van der Waals surface area contributed by atoms with Crippen molar-refractivity contribution in [2.75, 3.05) is 10.0 Å². The fraction of sp³-hybridized carbons (Fsp3) is 0.0588. The number of anilines is 2. The van der Waals surface area contributed by atoms with Crippen molar-refractivity contribution in [2.45, 2.75) is 18.7 Å². The highest BCUT2D eigenvalue weighted by atomic mass is 32.2. The van der Waals surface area contributed by atoms with Crippen molar-refractivity contribution in [3.63, 3.8) is 0 Å². The maximum atomic E-state index is 14.1. The molecule has 1 amide bonds. The van der Waals surface area contributed by atoms with E-state index >= 15 is 0 Å². The molecule has 2 N–H and O–H groups in total. The van der Waals surface area contributed by atoms with Crippen molar-refractivity contribution in [2.24, 2.45) is 0 Å². The third kappa shape index (κ3) is 5.89. The molecular weight excluding hydrogens is 590 g/mol. The number of rotatable bonds is 9. The number of aryl methyl sites for hydroxylation is 1. The van der Waals surface area contributed by atoms with Crippen LogP contribution in [0.5, 0.6) is 0 Å². The predicted octanol–water partition coefficient (Wildman–Crippen LogP) is 6.43. The Kier molecular flexibility index (Phi) is 7.84. The van der Waals surface area contributed by atoms with E-state index in [9.17, 15) is 18.0 Å². The number of aromatic nitrogens is 3. The van der Waals surface area contributed by atoms with Crippen LogP contribution < -0.4 is 10.0 Å². The second-order valence-corrected chi connectivity index (χ2v) is 11.9. The quantitative estimate of drug-likeness (QED) is 0.179. The second-order valence-electron chi connectivity index (χ2n) is 10.2. The lowest BCUT2D eigenvalue weighted by Gasteiger charge is -2.10. The van der Waals surface area contributed by atoms with E-state index in [4.69, 9.17) is 4.52 Å². The summed E-state index contributed by atoms with van der Waals surface area (Å²) in [6, 6.07) is 32.8. The van der Waals surface area contributed by atoms with E-state index < -0.39 is 15.9 Å². The minimum Gasteiger partial charge on any atom is -0.337 e. The Hall–Kier alpha value is -5.81. The van der Waals surface area contributed by atoms with Crippen molar-refractivity contribution in [1.29, 1.82) is 0 Å². The first-order valence-corrected chi connectivity index (χ1v) is 15.4. The molecule has 0 atom stereocenters. The Morgan fingerprint density at radius 2 is 1.38 bits per heavy atom. The predicted molar refractivity (Wildman–Crippen MR) is 170 cm³/mol. The number of hydrogen-bond acceptors (Lipinski definition) is 7.